The molecule has 4 fully saturated rings. The molecule has 3 nitrogen and oxygen atoms in total. The summed E-state index contributed by atoms with van der Waals surface area (Å²) in [5.41, 5.74) is 0.606. The van der Waals surface area contributed by atoms with E-state index in [1.807, 2.05) is 0 Å². The van der Waals surface area contributed by atoms with Crippen LogP contribution in [0.4, 0.5) is 0 Å². The molecule has 1 saturated heterocycles. The van der Waals surface area contributed by atoms with Crippen LogP contribution in [0.5, 0.6) is 5.75 Å². The van der Waals surface area contributed by atoms with Crippen LogP contribution in [0, 0.1) is 28.6 Å². The zero-order chi connectivity index (χ0) is 18.6. The second-order valence-electron chi connectivity index (χ2n) is 10.1. The first-order valence-corrected chi connectivity index (χ1v) is 11.0. The highest BCUT2D eigenvalue weighted by molar-refractivity contribution is 5.77. The van der Waals surface area contributed by atoms with Gasteiger partial charge in [0.25, 0.3) is 0 Å². The number of ether oxygens (including phenoxy) is 1. The fourth-order valence-electron chi connectivity index (χ4n) is 7.51. The number of rotatable bonds is 2. The van der Waals surface area contributed by atoms with Crippen LogP contribution in [0.1, 0.15) is 65.2 Å². The molecule has 1 aromatic carbocycles. The molecule has 1 aromatic rings. The minimum atomic E-state index is 0.272. The molecule has 146 valence electrons. The predicted molar refractivity (Wildman–Crippen MR) is 106 cm³/mol. The second-order valence-corrected chi connectivity index (χ2v) is 10.1. The molecule has 4 aliphatic rings. The summed E-state index contributed by atoms with van der Waals surface area (Å²) < 4.78 is 6.52. The van der Waals surface area contributed by atoms with Gasteiger partial charge in [-0.3, -0.25) is 4.79 Å². The maximum absolute atomic E-state index is 11.9. The molecule has 1 N–H and O–H groups in total. The van der Waals surface area contributed by atoms with Crippen molar-refractivity contribution in [2.45, 2.75) is 77.4 Å². The molecule has 27 heavy (non-hydrogen) atoms. The Kier molecular flexibility index (Phi) is 4.07. The van der Waals surface area contributed by atoms with E-state index in [1.54, 1.807) is 0 Å². The lowest BCUT2D eigenvalue weighted by molar-refractivity contribution is -0.137. The number of carbonyl (C=O) groups excluding carboxylic acids is 1. The maximum atomic E-state index is 11.9. The van der Waals surface area contributed by atoms with Gasteiger partial charge in [0.2, 0.25) is 5.91 Å². The summed E-state index contributed by atoms with van der Waals surface area (Å²) in [5.74, 6) is 3.65. The SMILES string of the molecule is C[C@]12CCC(=O)NC1CC[C@@H]1[C@H]2CC[C@]2(C)C(Oc3ccccc3)CC[C@@H]12. The van der Waals surface area contributed by atoms with E-state index in [-0.39, 0.29) is 5.91 Å². The van der Waals surface area contributed by atoms with Crippen LogP contribution in [-0.4, -0.2) is 18.1 Å². The number of nitrogens with one attached hydrogen (secondary N) is 1. The Hall–Kier alpha value is -1.51. The van der Waals surface area contributed by atoms with E-state index in [0.29, 0.717) is 23.0 Å². The zero-order valence-corrected chi connectivity index (χ0v) is 16.7. The highest BCUT2D eigenvalue weighted by Gasteiger charge is 2.61. The van der Waals surface area contributed by atoms with Crippen LogP contribution < -0.4 is 10.1 Å². The zero-order valence-electron chi connectivity index (χ0n) is 16.7. The Balaban J connectivity index is 1.38. The van der Waals surface area contributed by atoms with Crippen LogP contribution >= 0.6 is 0 Å². The van der Waals surface area contributed by atoms with Gasteiger partial charge in [0.05, 0.1) is 0 Å². The van der Waals surface area contributed by atoms with Crippen molar-refractivity contribution < 1.29 is 9.53 Å². The smallest absolute Gasteiger partial charge is 0.220 e. The summed E-state index contributed by atoms with van der Waals surface area (Å²) in [4.78, 5) is 11.9. The van der Waals surface area contributed by atoms with Crippen LogP contribution in [0.3, 0.4) is 0 Å². The number of hydrogen-bond donors (Lipinski definition) is 1. The number of fused-ring (bicyclic) bond motifs is 5. The minimum absolute atomic E-state index is 0.272. The lowest BCUT2D eigenvalue weighted by Crippen LogP contribution is -2.61. The lowest BCUT2D eigenvalue weighted by atomic mass is 9.47. The van der Waals surface area contributed by atoms with Crippen molar-refractivity contribution in [3.63, 3.8) is 0 Å². The van der Waals surface area contributed by atoms with Gasteiger partial charge in [-0.25, -0.2) is 0 Å². The molecule has 7 atom stereocenters. The number of benzene rings is 1. The molecule has 0 bridgehead atoms. The molecule has 3 saturated carbocycles. The summed E-state index contributed by atoms with van der Waals surface area (Å²) in [6.07, 6.45) is 9.67. The molecule has 3 aliphatic carbocycles. The van der Waals surface area contributed by atoms with Crippen LogP contribution in [0.25, 0.3) is 0 Å². The van der Waals surface area contributed by atoms with Gasteiger partial charge >= 0.3 is 0 Å². The highest BCUT2D eigenvalue weighted by Crippen LogP contribution is 2.64. The van der Waals surface area contributed by atoms with E-state index in [0.717, 1.165) is 36.3 Å². The largest absolute Gasteiger partial charge is 0.490 e. The number of para-hydroxylation sites is 1. The van der Waals surface area contributed by atoms with E-state index in [2.05, 4.69) is 49.5 Å². The third kappa shape index (κ3) is 2.64. The fourth-order valence-corrected chi connectivity index (χ4v) is 7.51. The Morgan fingerprint density at radius 1 is 0.926 bits per heavy atom. The van der Waals surface area contributed by atoms with Crippen molar-refractivity contribution in [2.75, 3.05) is 0 Å². The van der Waals surface area contributed by atoms with Crippen molar-refractivity contribution in [1.29, 1.82) is 0 Å². The number of amides is 1. The Morgan fingerprint density at radius 2 is 1.70 bits per heavy atom. The molecule has 0 spiro atoms. The normalized spacial score (nSPS) is 46.0. The lowest BCUT2D eigenvalue weighted by Gasteiger charge is -2.60. The maximum Gasteiger partial charge on any atom is 0.220 e. The van der Waals surface area contributed by atoms with Crippen molar-refractivity contribution in [3.8, 4) is 5.75 Å². The van der Waals surface area contributed by atoms with E-state index in [4.69, 9.17) is 4.74 Å². The summed E-state index contributed by atoms with van der Waals surface area (Å²) in [5, 5.41) is 3.34. The number of carbonyl (C=O) groups is 1. The van der Waals surface area contributed by atoms with Gasteiger partial charge in [0, 0.05) is 17.9 Å². The van der Waals surface area contributed by atoms with E-state index >= 15 is 0 Å². The topological polar surface area (TPSA) is 38.3 Å². The van der Waals surface area contributed by atoms with E-state index in [9.17, 15) is 4.79 Å². The van der Waals surface area contributed by atoms with Gasteiger partial charge in [-0.2, -0.15) is 0 Å². The van der Waals surface area contributed by atoms with Crippen LogP contribution in [-0.2, 0) is 4.79 Å². The number of piperidine rings is 1. The van der Waals surface area contributed by atoms with E-state index in [1.165, 1.54) is 38.5 Å². The van der Waals surface area contributed by atoms with Gasteiger partial charge in [-0.1, -0.05) is 32.0 Å². The van der Waals surface area contributed by atoms with Crippen molar-refractivity contribution >= 4 is 5.91 Å². The van der Waals surface area contributed by atoms with Crippen molar-refractivity contribution in [1.82, 2.24) is 5.32 Å². The quantitative estimate of drug-likeness (QED) is 0.803. The minimum Gasteiger partial charge on any atom is -0.490 e. The Bertz CT molecular complexity index is 718. The predicted octanol–water partition coefficient (Wildman–Crippen LogP) is 4.96. The highest BCUT2D eigenvalue weighted by atomic mass is 16.5. The van der Waals surface area contributed by atoms with Gasteiger partial charge in [-0.05, 0) is 80.2 Å². The molecular weight excluding hydrogens is 334 g/mol. The van der Waals surface area contributed by atoms with Crippen molar-refractivity contribution in [3.05, 3.63) is 30.3 Å². The first-order valence-electron chi connectivity index (χ1n) is 11.0. The first-order chi connectivity index (χ1) is 13.0. The number of hydrogen-bond acceptors (Lipinski definition) is 2. The standard InChI is InChI=1S/C24H33NO2/c1-23-15-13-22(26)25-20(23)10-8-17-18-9-11-21(24(18,2)14-12-19(17)23)27-16-6-4-3-5-7-16/h3-7,17-21H,8-15H2,1-2H3,(H,25,26)/t17-,18-,19+,20?,21?,23+,24-/m0/s1. The molecule has 0 aromatic heterocycles. The molecule has 0 radical (unpaired) electrons. The fraction of sp³-hybridized carbons (Fsp3) is 0.708. The molecule has 3 heteroatoms. The van der Waals surface area contributed by atoms with Gasteiger partial charge in [-0.15, -0.1) is 0 Å². The molecule has 2 unspecified atom stereocenters. The molecule has 5 rings (SSSR count). The summed E-state index contributed by atoms with van der Waals surface area (Å²) in [6, 6.07) is 10.8. The molecular formula is C24H33NO2. The van der Waals surface area contributed by atoms with Gasteiger partial charge in [0.1, 0.15) is 11.9 Å². The summed E-state index contributed by atoms with van der Waals surface area (Å²) in [6.45, 7) is 4.98. The second kappa shape index (κ2) is 6.25. The van der Waals surface area contributed by atoms with Crippen LogP contribution in [0.2, 0.25) is 0 Å². The molecule has 1 amide bonds. The molecule has 1 heterocycles. The average Bonchev–Trinajstić information content (AvgIpc) is 3.00. The van der Waals surface area contributed by atoms with Crippen LogP contribution in [0.15, 0.2) is 30.3 Å². The summed E-state index contributed by atoms with van der Waals surface area (Å²) >= 11 is 0. The third-order valence-electron chi connectivity index (χ3n) is 9.03. The van der Waals surface area contributed by atoms with Gasteiger partial charge in [0.15, 0.2) is 0 Å². The Labute approximate surface area is 163 Å². The average molecular weight is 368 g/mol. The monoisotopic (exact) mass is 367 g/mol. The first kappa shape index (κ1) is 17.6. The van der Waals surface area contributed by atoms with Gasteiger partial charge < -0.3 is 10.1 Å². The van der Waals surface area contributed by atoms with Crippen molar-refractivity contribution in [2.24, 2.45) is 28.6 Å². The molecule has 1 aliphatic heterocycles. The summed E-state index contributed by atoms with van der Waals surface area (Å²) in [7, 11) is 0. The Morgan fingerprint density at radius 3 is 2.52 bits per heavy atom. The third-order valence-corrected chi connectivity index (χ3v) is 9.03. The van der Waals surface area contributed by atoms with E-state index < -0.39 is 0 Å².